The lowest BCUT2D eigenvalue weighted by Gasteiger charge is -2.09. The Hall–Kier alpha value is -1.65. The van der Waals surface area contributed by atoms with Gasteiger partial charge in [0.15, 0.2) is 0 Å². The molecule has 1 amide bonds. The number of anilines is 1. The highest BCUT2D eigenvalue weighted by Gasteiger charge is 2.13. The van der Waals surface area contributed by atoms with Gasteiger partial charge < -0.3 is 5.32 Å². The molecular weight excluding hydrogens is 285 g/mol. The van der Waals surface area contributed by atoms with Gasteiger partial charge in [-0.2, -0.15) is 0 Å². The first-order valence-electron chi connectivity index (χ1n) is 5.52. The van der Waals surface area contributed by atoms with Gasteiger partial charge in [-0.05, 0) is 31.0 Å². The molecule has 2 aromatic rings. The van der Waals surface area contributed by atoms with Crippen LogP contribution in [0.15, 0.2) is 24.7 Å². The monoisotopic (exact) mass is 295 g/mol. The zero-order valence-electron chi connectivity index (χ0n) is 10.4. The lowest BCUT2D eigenvalue weighted by atomic mass is 10.1. The van der Waals surface area contributed by atoms with E-state index in [1.54, 1.807) is 12.3 Å². The minimum absolute atomic E-state index is 0.282. The van der Waals surface area contributed by atoms with Gasteiger partial charge in [-0.1, -0.05) is 23.2 Å². The van der Waals surface area contributed by atoms with Crippen LogP contribution in [0, 0.1) is 13.8 Å². The van der Waals surface area contributed by atoms with Crippen LogP contribution in [0.5, 0.6) is 0 Å². The SMILES string of the molecule is Cc1cnc(C(=O)Nc2c(Cl)cncc2Cl)cc1C. The molecule has 0 bridgehead atoms. The van der Waals surface area contributed by atoms with E-state index in [-0.39, 0.29) is 16.0 Å². The van der Waals surface area contributed by atoms with Gasteiger partial charge in [0.25, 0.3) is 5.91 Å². The summed E-state index contributed by atoms with van der Waals surface area (Å²) in [7, 11) is 0. The number of carbonyl (C=O) groups excluding carboxylic acids is 1. The molecule has 6 heteroatoms. The fourth-order valence-electron chi connectivity index (χ4n) is 1.46. The van der Waals surface area contributed by atoms with Gasteiger partial charge in [0.1, 0.15) is 5.69 Å². The molecule has 0 radical (unpaired) electrons. The summed E-state index contributed by atoms with van der Waals surface area (Å²) >= 11 is 11.9. The summed E-state index contributed by atoms with van der Waals surface area (Å²) in [5.41, 5.74) is 2.67. The van der Waals surface area contributed by atoms with Crippen molar-refractivity contribution in [3.05, 3.63) is 51.5 Å². The average molecular weight is 296 g/mol. The highest BCUT2D eigenvalue weighted by atomic mass is 35.5. The summed E-state index contributed by atoms with van der Waals surface area (Å²) in [5.74, 6) is -0.363. The summed E-state index contributed by atoms with van der Waals surface area (Å²) in [6, 6.07) is 1.72. The third kappa shape index (κ3) is 3.03. The van der Waals surface area contributed by atoms with Crippen LogP contribution >= 0.6 is 23.2 Å². The van der Waals surface area contributed by atoms with E-state index in [1.165, 1.54) is 12.4 Å². The standard InChI is InChI=1S/C13H11Cl2N3O/c1-7-3-11(17-4-8(7)2)13(19)18-12-9(14)5-16-6-10(12)15/h3-6H,1-2H3,(H,16,18,19). The van der Waals surface area contributed by atoms with E-state index >= 15 is 0 Å². The molecule has 0 unspecified atom stereocenters. The normalized spacial score (nSPS) is 10.3. The van der Waals surface area contributed by atoms with Crippen LogP contribution in [0.25, 0.3) is 0 Å². The number of amides is 1. The lowest BCUT2D eigenvalue weighted by molar-refractivity contribution is 0.102. The summed E-state index contributed by atoms with van der Waals surface area (Å²) in [6.07, 6.45) is 4.48. The molecule has 0 fully saturated rings. The van der Waals surface area contributed by atoms with Gasteiger partial charge in [0.2, 0.25) is 0 Å². The lowest BCUT2D eigenvalue weighted by Crippen LogP contribution is -2.14. The predicted octanol–water partition coefficient (Wildman–Crippen LogP) is 3.65. The molecule has 2 heterocycles. The van der Waals surface area contributed by atoms with Gasteiger partial charge in [0, 0.05) is 18.6 Å². The van der Waals surface area contributed by atoms with Gasteiger partial charge in [0.05, 0.1) is 15.7 Å². The molecule has 4 nitrogen and oxygen atoms in total. The first-order chi connectivity index (χ1) is 8.99. The Bertz CT molecular complexity index is 624. The van der Waals surface area contributed by atoms with Crippen molar-refractivity contribution in [2.45, 2.75) is 13.8 Å². The zero-order chi connectivity index (χ0) is 14.0. The number of nitrogens with one attached hydrogen (secondary N) is 1. The smallest absolute Gasteiger partial charge is 0.274 e. The quantitative estimate of drug-likeness (QED) is 0.920. The number of pyridine rings is 2. The number of hydrogen-bond donors (Lipinski definition) is 1. The second kappa shape index (κ2) is 5.55. The van der Waals surface area contributed by atoms with Crippen molar-refractivity contribution in [3.63, 3.8) is 0 Å². The Kier molecular flexibility index (Phi) is 4.02. The number of carbonyl (C=O) groups is 1. The minimum Gasteiger partial charge on any atom is -0.318 e. The van der Waals surface area contributed by atoms with E-state index in [1.807, 2.05) is 13.8 Å². The average Bonchev–Trinajstić information content (AvgIpc) is 2.37. The molecule has 2 rings (SSSR count). The second-order valence-electron chi connectivity index (χ2n) is 4.09. The van der Waals surface area contributed by atoms with Crippen LogP contribution in [0.1, 0.15) is 21.6 Å². The maximum Gasteiger partial charge on any atom is 0.274 e. The molecular formula is C13H11Cl2N3O. The number of nitrogens with zero attached hydrogens (tertiary/aromatic N) is 2. The molecule has 0 spiro atoms. The fourth-order valence-corrected chi connectivity index (χ4v) is 1.92. The highest BCUT2D eigenvalue weighted by Crippen LogP contribution is 2.28. The second-order valence-corrected chi connectivity index (χ2v) is 4.90. The molecule has 0 saturated carbocycles. The molecule has 0 aliphatic rings. The zero-order valence-corrected chi connectivity index (χ0v) is 11.9. The molecule has 2 aromatic heterocycles. The largest absolute Gasteiger partial charge is 0.318 e. The van der Waals surface area contributed by atoms with E-state index in [4.69, 9.17) is 23.2 Å². The molecule has 98 valence electrons. The van der Waals surface area contributed by atoms with Gasteiger partial charge >= 0.3 is 0 Å². The molecule has 0 aliphatic heterocycles. The Morgan fingerprint density at radius 2 is 1.74 bits per heavy atom. The van der Waals surface area contributed by atoms with E-state index in [9.17, 15) is 4.79 Å². The third-order valence-electron chi connectivity index (χ3n) is 2.70. The molecule has 19 heavy (non-hydrogen) atoms. The van der Waals surface area contributed by atoms with Gasteiger partial charge in [-0.25, -0.2) is 0 Å². The van der Waals surface area contributed by atoms with Crippen LogP contribution in [0.3, 0.4) is 0 Å². The van der Waals surface area contributed by atoms with Crippen molar-refractivity contribution in [2.24, 2.45) is 0 Å². The van der Waals surface area contributed by atoms with Crippen molar-refractivity contribution in [1.82, 2.24) is 9.97 Å². The third-order valence-corrected chi connectivity index (χ3v) is 3.27. The van der Waals surface area contributed by atoms with E-state index in [0.717, 1.165) is 11.1 Å². The van der Waals surface area contributed by atoms with Crippen molar-refractivity contribution >= 4 is 34.8 Å². The van der Waals surface area contributed by atoms with Crippen molar-refractivity contribution in [2.75, 3.05) is 5.32 Å². The predicted molar refractivity (Wildman–Crippen MR) is 75.9 cm³/mol. The number of halogens is 2. The summed E-state index contributed by atoms with van der Waals surface area (Å²) < 4.78 is 0. The number of rotatable bonds is 2. The van der Waals surface area contributed by atoms with Crippen LogP contribution in [0.2, 0.25) is 10.0 Å². The number of aromatic nitrogens is 2. The van der Waals surface area contributed by atoms with Crippen molar-refractivity contribution in [1.29, 1.82) is 0 Å². The maximum absolute atomic E-state index is 12.1. The van der Waals surface area contributed by atoms with Crippen LogP contribution in [-0.4, -0.2) is 15.9 Å². The van der Waals surface area contributed by atoms with E-state index in [2.05, 4.69) is 15.3 Å². The number of aryl methyl sites for hydroxylation is 2. The summed E-state index contributed by atoms with van der Waals surface area (Å²) in [5, 5.41) is 3.20. The summed E-state index contributed by atoms with van der Waals surface area (Å²) in [4.78, 5) is 20.0. The van der Waals surface area contributed by atoms with Crippen molar-refractivity contribution < 1.29 is 4.79 Å². The molecule has 0 aromatic carbocycles. The van der Waals surface area contributed by atoms with E-state index < -0.39 is 0 Å². The Morgan fingerprint density at radius 1 is 1.11 bits per heavy atom. The Balaban J connectivity index is 2.28. The van der Waals surface area contributed by atoms with Crippen LogP contribution < -0.4 is 5.32 Å². The molecule has 1 N–H and O–H groups in total. The molecule has 0 saturated heterocycles. The Morgan fingerprint density at radius 3 is 2.32 bits per heavy atom. The first-order valence-corrected chi connectivity index (χ1v) is 6.28. The van der Waals surface area contributed by atoms with Crippen molar-refractivity contribution in [3.8, 4) is 0 Å². The summed E-state index contributed by atoms with van der Waals surface area (Å²) in [6.45, 7) is 3.85. The fraction of sp³-hybridized carbons (Fsp3) is 0.154. The minimum atomic E-state index is -0.363. The molecule has 0 atom stereocenters. The first kappa shape index (κ1) is 13.8. The van der Waals surface area contributed by atoms with Gasteiger partial charge in [-0.3, -0.25) is 14.8 Å². The topological polar surface area (TPSA) is 54.9 Å². The number of hydrogen-bond acceptors (Lipinski definition) is 3. The van der Waals surface area contributed by atoms with Crippen LogP contribution in [0.4, 0.5) is 5.69 Å². The molecule has 0 aliphatic carbocycles. The maximum atomic E-state index is 12.1. The van der Waals surface area contributed by atoms with E-state index in [0.29, 0.717) is 11.4 Å². The van der Waals surface area contributed by atoms with Crippen LogP contribution in [-0.2, 0) is 0 Å². The highest BCUT2D eigenvalue weighted by molar-refractivity contribution is 6.39. The Labute approximate surface area is 120 Å². The van der Waals surface area contributed by atoms with Gasteiger partial charge in [-0.15, -0.1) is 0 Å².